The van der Waals surface area contributed by atoms with Crippen LogP contribution in [0, 0.1) is 5.92 Å². The van der Waals surface area contributed by atoms with Crippen LogP contribution in [0.25, 0.3) is 0 Å². The quantitative estimate of drug-likeness (QED) is 0.652. The van der Waals surface area contributed by atoms with Gasteiger partial charge in [0.05, 0.1) is 0 Å². The molecule has 3 N–H and O–H groups in total. The fraction of sp³-hybridized carbons (Fsp3) is 0.778. The molecule has 0 saturated carbocycles. The van der Waals surface area contributed by atoms with E-state index >= 15 is 0 Å². The van der Waals surface area contributed by atoms with E-state index in [2.05, 4.69) is 5.32 Å². The second kappa shape index (κ2) is 5.56. The minimum atomic E-state index is -0.521. The maximum absolute atomic E-state index is 11.0. The smallest absolute Gasteiger partial charge is 0.240 e. The fourth-order valence-corrected chi connectivity index (χ4v) is 1.01. The molecule has 1 atom stereocenters. The average Bonchev–Trinajstić information content (AvgIpc) is 2.02. The minimum Gasteiger partial charge on any atom is -0.368 e. The van der Waals surface area contributed by atoms with Gasteiger partial charge < -0.3 is 11.1 Å². The largest absolute Gasteiger partial charge is 0.368 e. The first kappa shape index (κ1) is 11.9. The average molecular weight is 186 g/mol. The van der Waals surface area contributed by atoms with Crippen LogP contribution in [0.15, 0.2) is 0 Å². The normalized spacial score (nSPS) is 12.6. The number of nitrogens with one attached hydrogen (secondary N) is 1. The summed E-state index contributed by atoms with van der Waals surface area (Å²) in [7, 11) is 0. The topological polar surface area (TPSA) is 72.2 Å². The van der Waals surface area contributed by atoms with E-state index in [1.54, 1.807) is 6.92 Å². The minimum absolute atomic E-state index is 0.135. The van der Waals surface area contributed by atoms with Crippen LogP contribution in [-0.2, 0) is 9.59 Å². The van der Waals surface area contributed by atoms with Crippen LogP contribution in [-0.4, -0.2) is 17.9 Å². The van der Waals surface area contributed by atoms with Crippen molar-refractivity contribution in [2.24, 2.45) is 11.7 Å². The maximum Gasteiger partial charge on any atom is 0.240 e. The van der Waals surface area contributed by atoms with Crippen molar-refractivity contribution in [3.63, 3.8) is 0 Å². The number of primary amides is 1. The summed E-state index contributed by atoms with van der Waals surface area (Å²) >= 11 is 0. The van der Waals surface area contributed by atoms with E-state index in [4.69, 9.17) is 5.73 Å². The van der Waals surface area contributed by atoms with Crippen LogP contribution in [0.3, 0.4) is 0 Å². The van der Waals surface area contributed by atoms with Gasteiger partial charge in [-0.25, -0.2) is 0 Å². The van der Waals surface area contributed by atoms with Gasteiger partial charge in [0.15, 0.2) is 0 Å². The Kier molecular flexibility index (Phi) is 5.11. The Labute approximate surface area is 78.9 Å². The molecule has 0 bridgehead atoms. The summed E-state index contributed by atoms with van der Waals surface area (Å²) in [6, 6.07) is -0.521. The molecule has 0 aromatic carbocycles. The van der Waals surface area contributed by atoms with Crippen LogP contribution >= 0.6 is 0 Å². The highest BCUT2D eigenvalue weighted by molar-refractivity contribution is 5.86. The maximum atomic E-state index is 11.0. The molecule has 0 aliphatic rings. The lowest BCUT2D eigenvalue weighted by molar-refractivity contribution is -0.127. The summed E-state index contributed by atoms with van der Waals surface area (Å²) < 4.78 is 0. The molecule has 0 aliphatic carbocycles. The number of rotatable bonds is 5. The van der Waals surface area contributed by atoms with E-state index in [9.17, 15) is 9.59 Å². The number of nitrogens with two attached hydrogens (primary N) is 1. The lowest BCUT2D eigenvalue weighted by atomic mass is 10.0. The zero-order valence-electron chi connectivity index (χ0n) is 8.46. The van der Waals surface area contributed by atoms with E-state index in [1.165, 1.54) is 0 Å². The third kappa shape index (κ3) is 5.22. The van der Waals surface area contributed by atoms with Gasteiger partial charge >= 0.3 is 0 Å². The molecule has 0 heterocycles. The van der Waals surface area contributed by atoms with Crippen molar-refractivity contribution >= 4 is 11.8 Å². The zero-order chi connectivity index (χ0) is 10.4. The Hall–Kier alpha value is -1.06. The second-order valence-corrected chi connectivity index (χ2v) is 3.51. The predicted octanol–water partition coefficient (Wildman–Crippen LogP) is 0.413. The Morgan fingerprint density at radius 2 is 1.92 bits per heavy atom. The molecule has 13 heavy (non-hydrogen) atoms. The van der Waals surface area contributed by atoms with Crippen LogP contribution in [0.1, 0.15) is 33.6 Å². The summed E-state index contributed by atoms with van der Waals surface area (Å²) in [4.78, 5) is 21.9. The van der Waals surface area contributed by atoms with Crippen LogP contribution in [0.5, 0.6) is 0 Å². The van der Waals surface area contributed by atoms with Crippen LogP contribution in [0.4, 0.5) is 0 Å². The van der Waals surface area contributed by atoms with Gasteiger partial charge in [0.1, 0.15) is 6.04 Å². The standard InChI is InChI=1S/C9H18N2O2/c1-4-8(12)11-7(9(10)13)5-6(2)3/h6-7H,4-5H2,1-3H3,(H2,10,13)(H,11,12)/t7-/m1/s1. The van der Waals surface area contributed by atoms with Gasteiger partial charge in [-0.3, -0.25) is 9.59 Å². The zero-order valence-corrected chi connectivity index (χ0v) is 8.46. The van der Waals surface area contributed by atoms with Gasteiger partial charge in [-0.15, -0.1) is 0 Å². The summed E-state index contributed by atoms with van der Waals surface area (Å²) in [5, 5.41) is 2.58. The number of carbonyl (C=O) groups is 2. The molecule has 0 unspecified atom stereocenters. The molecule has 0 aromatic heterocycles. The highest BCUT2D eigenvalue weighted by Gasteiger charge is 2.17. The molecule has 0 saturated heterocycles. The van der Waals surface area contributed by atoms with Crippen molar-refractivity contribution in [2.75, 3.05) is 0 Å². The second-order valence-electron chi connectivity index (χ2n) is 3.51. The van der Waals surface area contributed by atoms with Crippen LogP contribution < -0.4 is 11.1 Å². The molecule has 0 rings (SSSR count). The first-order valence-corrected chi connectivity index (χ1v) is 4.56. The van der Waals surface area contributed by atoms with Gasteiger partial charge in [-0.2, -0.15) is 0 Å². The summed E-state index contributed by atoms with van der Waals surface area (Å²) in [6.45, 7) is 5.70. The van der Waals surface area contributed by atoms with E-state index in [1.807, 2.05) is 13.8 Å². The molecule has 4 heteroatoms. The monoisotopic (exact) mass is 186 g/mol. The van der Waals surface area contributed by atoms with Crippen molar-refractivity contribution in [1.29, 1.82) is 0 Å². The Balaban J connectivity index is 4.10. The first-order valence-electron chi connectivity index (χ1n) is 4.56. The SMILES string of the molecule is CCC(=O)N[C@H](CC(C)C)C(N)=O. The molecule has 76 valence electrons. The lowest BCUT2D eigenvalue weighted by Crippen LogP contribution is -2.44. The predicted molar refractivity (Wildman–Crippen MR) is 50.9 cm³/mol. The van der Waals surface area contributed by atoms with Crippen molar-refractivity contribution in [1.82, 2.24) is 5.32 Å². The molecule has 0 aliphatic heterocycles. The third-order valence-corrected chi connectivity index (χ3v) is 1.71. The van der Waals surface area contributed by atoms with Gasteiger partial charge in [-0.1, -0.05) is 20.8 Å². The lowest BCUT2D eigenvalue weighted by Gasteiger charge is -2.16. The summed E-state index contributed by atoms with van der Waals surface area (Å²) in [6.07, 6.45) is 0.975. The highest BCUT2D eigenvalue weighted by atomic mass is 16.2. The van der Waals surface area contributed by atoms with E-state index < -0.39 is 11.9 Å². The number of carbonyl (C=O) groups excluding carboxylic acids is 2. The molecule has 0 aromatic rings. The number of amides is 2. The first-order chi connectivity index (χ1) is 5.97. The number of hydrogen-bond donors (Lipinski definition) is 2. The number of hydrogen-bond acceptors (Lipinski definition) is 2. The molecular weight excluding hydrogens is 168 g/mol. The Morgan fingerprint density at radius 1 is 1.38 bits per heavy atom. The van der Waals surface area contributed by atoms with Gasteiger partial charge in [0.2, 0.25) is 11.8 Å². The molecule has 0 fully saturated rings. The summed E-state index contributed by atoms with van der Waals surface area (Å²) in [5.74, 6) is -0.255. The van der Waals surface area contributed by atoms with E-state index in [0.717, 1.165) is 0 Å². The molecular formula is C9H18N2O2. The van der Waals surface area contributed by atoms with Crippen LogP contribution in [0.2, 0.25) is 0 Å². The molecule has 0 radical (unpaired) electrons. The Morgan fingerprint density at radius 3 is 2.23 bits per heavy atom. The van der Waals surface area contributed by atoms with E-state index in [0.29, 0.717) is 18.8 Å². The Bertz CT molecular complexity index is 190. The third-order valence-electron chi connectivity index (χ3n) is 1.71. The van der Waals surface area contributed by atoms with Crippen molar-refractivity contribution in [3.05, 3.63) is 0 Å². The van der Waals surface area contributed by atoms with Gasteiger partial charge in [0.25, 0.3) is 0 Å². The molecule has 4 nitrogen and oxygen atoms in total. The van der Waals surface area contributed by atoms with Gasteiger partial charge in [0, 0.05) is 6.42 Å². The molecule has 0 spiro atoms. The summed E-state index contributed by atoms with van der Waals surface area (Å²) in [5.41, 5.74) is 5.13. The van der Waals surface area contributed by atoms with E-state index in [-0.39, 0.29) is 5.91 Å². The fourth-order valence-electron chi connectivity index (χ4n) is 1.01. The van der Waals surface area contributed by atoms with Crippen molar-refractivity contribution in [2.45, 2.75) is 39.7 Å². The highest BCUT2D eigenvalue weighted by Crippen LogP contribution is 2.04. The van der Waals surface area contributed by atoms with Crippen molar-refractivity contribution in [3.8, 4) is 0 Å². The van der Waals surface area contributed by atoms with Gasteiger partial charge in [-0.05, 0) is 12.3 Å². The molecule has 2 amide bonds. The van der Waals surface area contributed by atoms with Crippen molar-refractivity contribution < 1.29 is 9.59 Å².